The largest absolute Gasteiger partial charge is 0.377 e. The standard InChI is InChI=1S/C28H30N6O2/c1-3-30-28(27-9-4-6-20(2)32-27)31-13-12-25(33-28)24-11-10-23(17-29-24)21-7-5-8-22(16-21)26-18-36-15-14-34(26)19-35/h4-13,16-17,19,26,30,33H,3,14-15,18H2,1-2H3. The summed E-state index contributed by atoms with van der Waals surface area (Å²) in [5, 5.41) is 6.97. The van der Waals surface area contributed by atoms with Gasteiger partial charge in [-0.1, -0.05) is 37.3 Å². The summed E-state index contributed by atoms with van der Waals surface area (Å²) in [6.07, 6.45) is 6.50. The van der Waals surface area contributed by atoms with Gasteiger partial charge in [0.1, 0.15) is 5.69 Å². The Bertz CT molecular complexity index is 1290. The number of aliphatic imine (C=N–C) groups is 1. The number of pyridine rings is 2. The first kappa shape index (κ1) is 23.8. The number of morpholine rings is 1. The molecule has 0 bridgehead atoms. The molecule has 1 aromatic carbocycles. The van der Waals surface area contributed by atoms with Crippen molar-refractivity contribution in [3.8, 4) is 11.1 Å². The fourth-order valence-electron chi connectivity index (χ4n) is 4.63. The van der Waals surface area contributed by atoms with Crippen LogP contribution in [-0.4, -0.2) is 53.8 Å². The normalized spacial score (nSPS) is 21.6. The molecule has 8 nitrogen and oxygen atoms in total. The third kappa shape index (κ3) is 4.78. The lowest BCUT2D eigenvalue weighted by Crippen LogP contribution is -2.53. The van der Waals surface area contributed by atoms with Gasteiger partial charge >= 0.3 is 0 Å². The molecule has 36 heavy (non-hydrogen) atoms. The molecule has 2 aromatic heterocycles. The van der Waals surface area contributed by atoms with E-state index in [0.717, 1.165) is 45.9 Å². The van der Waals surface area contributed by atoms with Crippen molar-refractivity contribution in [1.29, 1.82) is 0 Å². The number of amides is 1. The van der Waals surface area contributed by atoms with E-state index in [-0.39, 0.29) is 6.04 Å². The van der Waals surface area contributed by atoms with Crippen LogP contribution in [0.4, 0.5) is 0 Å². The summed E-state index contributed by atoms with van der Waals surface area (Å²) < 4.78 is 5.62. The first-order chi connectivity index (χ1) is 17.6. The molecule has 2 unspecified atom stereocenters. The van der Waals surface area contributed by atoms with Crippen LogP contribution in [0.1, 0.15) is 35.6 Å². The topological polar surface area (TPSA) is 91.7 Å². The van der Waals surface area contributed by atoms with Crippen molar-refractivity contribution in [1.82, 2.24) is 25.5 Å². The molecule has 8 heteroatoms. The first-order valence-corrected chi connectivity index (χ1v) is 12.2. The summed E-state index contributed by atoms with van der Waals surface area (Å²) in [5.74, 6) is -0.855. The molecule has 1 saturated heterocycles. The van der Waals surface area contributed by atoms with Gasteiger partial charge in [0.25, 0.3) is 0 Å². The number of ether oxygens (including phenoxy) is 1. The molecule has 2 aliphatic heterocycles. The number of allylic oxidation sites excluding steroid dienone is 1. The van der Waals surface area contributed by atoms with Gasteiger partial charge in [0.05, 0.1) is 30.6 Å². The quantitative estimate of drug-likeness (QED) is 0.502. The maximum atomic E-state index is 11.5. The number of aromatic nitrogens is 2. The molecule has 5 rings (SSSR count). The molecule has 3 aromatic rings. The van der Waals surface area contributed by atoms with Gasteiger partial charge in [-0.05, 0) is 54.9 Å². The van der Waals surface area contributed by atoms with E-state index in [1.54, 1.807) is 11.1 Å². The average Bonchev–Trinajstić information content (AvgIpc) is 2.93. The van der Waals surface area contributed by atoms with Gasteiger partial charge in [0, 0.05) is 30.2 Å². The molecule has 4 heterocycles. The maximum Gasteiger partial charge on any atom is 0.229 e. The average molecular weight is 483 g/mol. The van der Waals surface area contributed by atoms with Gasteiger partial charge < -0.3 is 15.0 Å². The Morgan fingerprint density at radius 2 is 2.08 bits per heavy atom. The van der Waals surface area contributed by atoms with Gasteiger partial charge in [-0.25, -0.2) is 4.99 Å². The molecule has 1 fully saturated rings. The highest BCUT2D eigenvalue weighted by molar-refractivity contribution is 5.85. The molecule has 2 atom stereocenters. The van der Waals surface area contributed by atoms with Gasteiger partial charge in [-0.3, -0.25) is 20.1 Å². The second-order valence-electron chi connectivity index (χ2n) is 8.88. The van der Waals surface area contributed by atoms with Crippen LogP contribution in [0.15, 0.2) is 71.9 Å². The van der Waals surface area contributed by atoms with Gasteiger partial charge in [-0.2, -0.15) is 0 Å². The highest BCUT2D eigenvalue weighted by Gasteiger charge is 2.34. The Kier molecular flexibility index (Phi) is 6.88. The zero-order valence-corrected chi connectivity index (χ0v) is 20.5. The smallest absolute Gasteiger partial charge is 0.229 e. The number of hydrogen-bond acceptors (Lipinski definition) is 7. The third-order valence-corrected chi connectivity index (χ3v) is 6.47. The number of nitrogens with zero attached hydrogens (tertiary/aromatic N) is 4. The van der Waals surface area contributed by atoms with E-state index in [0.29, 0.717) is 26.3 Å². The molecule has 0 radical (unpaired) electrons. The van der Waals surface area contributed by atoms with Gasteiger partial charge in [-0.15, -0.1) is 0 Å². The number of nitrogens with one attached hydrogen (secondary N) is 2. The molecule has 0 aliphatic carbocycles. The fraction of sp³-hybridized carbons (Fsp3) is 0.286. The summed E-state index contributed by atoms with van der Waals surface area (Å²) in [4.78, 5) is 27.5. The van der Waals surface area contributed by atoms with Crippen molar-refractivity contribution in [2.24, 2.45) is 4.99 Å². The van der Waals surface area contributed by atoms with E-state index < -0.39 is 5.79 Å². The molecule has 0 saturated carbocycles. The third-order valence-electron chi connectivity index (χ3n) is 6.47. The number of carbonyl (C=O) groups excluding carboxylic acids is 1. The molecular formula is C28H30N6O2. The van der Waals surface area contributed by atoms with E-state index in [2.05, 4.69) is 28.8 Å². The van der Waals surface area contributed by atoms with E-state index >= 15 is 0 Å². The van der Waals surface area contributed by atoms with Crippen molar-refractivity contribution in [2.75, 3.05) is 26.3 Å². The number of hydrogen-bond donors (Lipinski definition) is 2. The van der Waals surface area contributed by atoms with E-state index in [1.165, 1.54) is 0 Å². The maximum absolute atomic E-state index is 11.5. The zero-order chi connectivity index (χ0) is 25.0. The number of rotatable bonds is 7. The van der Waals surface area contributed by atoms with Crippen LogP contribution in [0, 0.1) is 6.92 Å². The molecular weight excluding hydrogens is 452 g/mol. The lowest BCUT2D eigenvalue weighted by molar-refractivity contribution is -0.126. The summed E-state index contributed by atoms with van der Waals surface area (Å²) in [6.45, 7) is 6.41. The Morgan fingerprint density at radius 1 is 1.19 bits per heavy atom. The summed E-state index contributed by atoms with van der Waals surface area (Å²) in [7, 11) is 0. The van der Waals surface area contributed by atoms with Crippen molar-refractivity contribution < 1.29 is 9.53 Å². The molecule has 184 valence electrons. The van der Waals surface area contributed by atoms with Crippen molar-refractivity contribution in [3.05, 3.63) is 89.5 Å². The van der Waals surface area contributed by atoms with Crippen molar-refractivity contribution in [2.45, 2.75) is 25.7 Å². The second-order valence-corrected chi connectivity index (χ2v) is 8.88. The first-order valence-electron chi connectivity index (χ1n) is 12.2. The Morgan fingerprint density at radius 3 is 2.86 bits per heavy atom. The SMILES string of the molecule is CCNC1(c2cccc(C)n2)N=CC=C(c2ccc(-c3cccc(C4COCCN4C=O)c3)cn2)N1. The molecule has 1 amide bonds. The monoisotopic (exact) mass is 482 g/mol. The van der Waals surface area contributed by atoms with Gasteiger partial charge in [0.2, 0.25) is 12.2 Å². The second kappa shape index (κ2) is 10.4. The minimum absolute atomic E-state index is 0.0752. The molecule has 2 N–H and O–H groups in total. The van der Waals surface area contributed by atoms with Crippen molar-refractivity contribution in [3.63, 3.8) is 0 Å². The highest BCUT2D eigenvalue weighted by Crippen LogP contribution is 2.29. The predicted molar refractivity (Wildman–Crippen MR) is 140 cm³/mol. The molecule has 0 spiro atoms. The Hall–Kier alpha value is -3.88. The Balaban J connectivity index is 1.39. The van der Waals surface area contributed by atoms with Crippen LogP contribution in [0.25, 0.3) is 16.8 Å². The number of benzene rings is 1. The van der Waals surface area contributed by atoms with E-state index in [1.807, 2.05) is 62.5 Å². The van der Waals surface area contributed by atoms with Crippen LogP contribution >= 0.6 is 0 Å². The minimum Gasteiger partial charge on any atom is -0.377 e. The summed E-state index contributed by atoms with van der Waals surface area (Å²) >= 11 is 0. The van der Waals surface area contributed by atoms with E-state index in [4.69, 9.17) is 19.7 Å². The van der Waals surface area contributed by atoms with Crippen LogP contribution in [0.3, 0.4) is 0 Å². The van der Waals surface area contributed by atoms with Crippen LogP contribution in [0.5, 0.6) is 0 Å². The van der Waals surface area contributed by atoms with Gasteiger partial charge in [0.15, 0.2) is 0 Å². The summed E-state index contributed by atoms with van der Waals surface area (Å²) in [5.41, 5.74) is 6.49. The fourth-order valence-corrected chi connectivity index (χ4v) is 4.63. The van der Waals surface area contributed by atoms with E-state index in [9.17, 15) is 4.79 Å². The summed E-state index contributed by atoms with van der Waals surface area (Å²) in [6, 6.07) is 18.1. The lowest BCUT2D eigenvalue weighted by Gasteiger charge is -2.35. The van der Waals surface area contributed by atoms with Crippen molar-refractivity contribution >= 4 is 18.3 Å². The van der Waals surface area contributed by atoms with Crippen LogP contribution in [-0.2, 0) is 15.3 Å². The van der Waals surface area contributed by atoms with Crippen LogP contribution < -0.4 is 10.6 Å². The highest BCUT2D eigenvalue weighted by atomic mass is 16.5. The lowest BCUT2D eigenvalue weighted by atomic mass is 9.99. The number of carbonyl (C=O) groups is 1. The minimum atomic E-state index is -0.855. The van der Waals surface area contributed by atoms with Crippen LogP contribution in [0.2, 0.25) is 0 Å². The predicted octanol–water partition coefficient (Wildman–Crippen LogP) is 3.42. The molecule has 2 aliphatic rings. The number of aryl methyl sites for hydroxylation is 1. The zero-order valence-electron chi connectivity index (χ0n) is 20.5. The Labute approximate surface area is 211 Å².